The summed E-state index contributed by atoms with van der Waals surface area (Å²) in [7, 11) is 0. The number of ketones is 1. The fraction of sp³-hybridized carbons (Fsp3) is 0.154. The Bertz CT molecular complexity index is 522. The minimum Gasteiger partial charge on any atom is -0.361 e. The highest BCUT2D eigenvalue weighted by Crippen LogP contribution is 2.20. The molecule has 2 aromatic rings. The van der Waals surface area contributed by atoms with E-state index in [4.69, 9.17) is 0 Å². The average Bonchev–Trinajstić information content (AvgIpc) is 2.62. The molecule has 0 unspecified atom stereocenters. The lowest BCUT2D eigenvalue weighted by Crippen LogP contribution is -1.98. The van der Waals surface area contributed by atoms with E-state index in [-0.39, 0.29) is 5.78 Å². The number of para-hydroxylation sites is 1. The molecule has 0 aliphatic rings. The van der Waals surface area contributed by atoms with E-state index in [1.807, 2.05) is 24.4 Å². The van der Waals surface area contributed by atoms with Crippen molar-refractivity contribution in [1.29, 1.82) is 0 Å². The molecule has 76 valence electrons. The predicted octanol–water partition coefficient (Wildman–Crippen LogP) is 2.86. The smallest absolute Gasteiger partial charge is 0.155 e. The molecule has 2 nitrogen and oxygen atoms in total. The van der Waals surface area contributed by atoms with Gasteiger partial charge in [-0.05, 0) is 24.1 Å². The molecule has 2 heteroatoms. The van der Waals surface area contributed by atoms with E-state index in [0.717, 1.165) is 11.1 Å². The van der Waals surface area contributed by atoms with Crippen molar-refractivity contribution in [3.63, 3.8) is 0 Å². The van der Waals surface area contributed by atoms with Crippen LogP contribution >= 0.6 is 0 Å². The van der Waals surface area contributed by atoms with Crippen LogP contribution in [0.25, 0.3) is 10.9 Å². The van der Waals surface area contributed by atoms with Gasteiger partial charge < -0.3 is 4.98 Å². The van der Waals surface area contributed by atoms with E-state index >= 15 is 0 Å². The molecule has 1 aromatic carbocycles. The molecule has 0 aliphatic heterocycles. The SMILES string of the molecule is C=C(Cc1c[nH]c2ccccc12)C(C)=O. The van der Waals surface area contributed by atoms with Crippen LogP contribution in [-0.2, 0) is 11.2 Å². The van der Waals surface area contributed by atoms with Gasteiger partial charge in [-0.3, -0.25) is 4.79 Å². The number of carbonyl (C=O) groups excluding carboxylic acids is 1. The second kappa shape index (κ2) is 3.73. The zero-order chi connectivity index (χ0) is 10.8. The van der Waals surface area contributed by atoms with Crippen molar-refractivity contribution < 1.29 is 4.79 Å². The predicted molar refractivity (Wildman–Crippen MR) is 61.8 cm³/mol. The fourth-order valence-corrected chi connectivity index (χ4v) is 1.63. The summed E-state index contributed by atoms with van der Waals surface area (Å²) < 4.78 is 0. The van der Waals surface area contributed by atoms with Crippen molar-refractivity contribution in [2.45, 2.75) is 13.3 Å². The van der Waals surface area contributed by atoms with E-state index in [9.17, 15) is 4.79 Å². The molecule has 0 radical (unpaired) electrons. The van der Waals surface area contributed by atoms with Crippen molar-refractivity contribution in [2.75, 3.05) is 0 Å². The molecule has 0 aliphatic carbocycles. The molecular formula is C13H13NO. The van der Waals surface area contributed by atoms with Gasteiger partial charge in [-0.1, -0.05) is 24.8 Å². The first-order valence-corrected chi connectivity index (χ1v) is 4.92. The monoisotopic (exact) mass is 199 g/mol. The van der Waals surface area contributed by atoms with Crippen molar-refractivity contribution in [3.8, 4) is 0 Å². The van der Waals surface area contributed by atoms with Crippen LogP contribution in [0.3, 0.4) is 0 Å². The van der Waals surface area contributed by atoms with Crippen LogP contribution in [0.1, 0.15) is 12.5 Å². The summed E-state index contributed by atoms with van der Waals surface area (Å²) in [5, 5.41) is 1.17. The minimum atomic E-state index is 0.0558. The zero-order valence-electron chi connectivity index (χ0n) is 8.71. The van der Waals surface area contributed by atoms with Crippen molar-refractivity contribution in [1.82, 2.24) is 4.98 Å². The van der Waals surface area contributed by atoms with Gasteiger partial charge in [0.05, 0.1) is 0 Å². The fourth-order valence-electron chi connectivity index (χ4n) is 1.63. The number of rotatable bonds is 3. The number of fused-ring (bicyclic) bond motifs is 1. The van der Waals surface area contributed by atoms with Gasteiger partial charge in [-0.25, -0.2) is 0 Å². The third-order valence-electron chi connectivity index (χ3n) is 2.58. The van der Waals surface area contributed by atoms with Gasteiger partial charge in [0.1, 0.15) is 0 Å². The lowest BCUT2D eigenvalue weighted by Gasteiger charge is -1.99. The van der Waals surface area contributed by atoms with E-state index in [1.165, 1.54) is 5.39 Å². The van der Waals surface area contributed by atoms with Crippen LogP contribution in [0.4, 0.5) is 0 Å². The molecule has 2 rings (SSSR count). The molecule has 15 heavy (non-hydrogen) atoms. The molecule has 0 saturated carbocycles. The molecule has 0 amide bonds. The Labute approximate surface area is 88.6 Å². The van der Waals surface area contributed by atoms with Crippen LogP contribution in [0.5, 0.6) is 0 Å². The van der Waals surface area contributed by atoms with Gasteiger partial charge in [-0.2, -0.15) is 0 Å². The molecule has 0 atom stereocenters. The summed E-state index contributed by atoms with van der Waals surface area (Å²) in [5.41, 5.74) is 2.88. The van der Waals surface area contributed by atoms with E-state index < -0.39 is 0 Å². The van der Waals surface area contributed by atoms with Crippen LogP contribution in [-0.4, -0.2) is 10.8 Å². The third kappa shape index (κ3) is 1.84. The summed E-state index contributed by atoms with van der Waals surface area (Å²) in [5.74, 6) is 0.0558. The van der Waals surface area contributed by atoms with Crippen LogP contribution in [0, 0.1) is 0 Å². The Morgan fingerprint density at radius 2 is 2.13 bits per heavy atom. The molecule has 1 N–H and O–H groups in total. The second-order valence-electron chi connectivity index (χ2n) is 3.70. The first kappa shape index (κ1) is 9.71. The highest BCUT2D eigenvalue weighted by Gasteiger charge is 2.06. The van der Waals surface area contributed by atoms with E-state index in [2.05, 4.69) is 17.6 Å². The summed E-state index contributed by atoms with van der Waals surface area (Å²) in [6, 6.07) is 8.06. The summed E-state index contributed by atoms with van der Waals surface area (Å²) >= 11 is 0. The Kier molecular flexibility index (Phi) is 2.42. The van der Waals surface area contributed by atoms with Crippen molar-refractivity contribution >= 4 is 16.7 Å². The lowest BCUT2D eigenvalue weighted by molar-refractivity contribution is -0.113. The molecule has 1 heterocycles. The van der Waals surface area contributed by atoms with Gasteiger partial charge in [0.25, 0.3) is 0 Å². The van der Waals surface area contributed by atoms with Gasteiger partial charge >= 0.3 is 0 Å². The molecule has 0 fully saturated rings. The third-order valence-corrected chi connectivity index (χ3v) is 2.58. The number of hydrogen-bond donors (Lipinski definition) is 1. The maximum absolute atomic E-state index is 11.1. The van der Waals surface area contributed by atoms with E-state index in [0.29, 0.717) is 12.0 Å². The molecular weight excluding hydrogens is 186 g/mol. The maximum Gasteiger partial charge on any atom is 0.155 e. The largest absolute Gasteiger partial charge is 0.361 e. The summed E-state index contributed by atoms with van der Waals surface area (Å²) in [6.07, 6.45) is 2.57. The second-order valence-corrected chi connectivity index (χ2v) is 3.70. The van der Waals surface area contributed by atoms with Gasteiger partial charge in [0, 0.05) is 23.5 Å². The number of benzene rings is 1. The standard InChI is InChI=1S/C13H13NO/c1-9(10(2)15)7-11-8-14-13-6-4-3-5-12(11)13/h3-6,8,14H,1,7H2,2H3. The summed E-state index contributed by atoms with van der Waals surface area (Å²) in [4.78, 5) is 14.3. The molecule has 0 spiro atoms. The van der Waals surface area contributed by atoms with Crippen molar-refractivity contribution in [3.05, 3.63) is 48.2 Å². The first-order chi connectivity index (χ1) is 7.18. The lowest BCUT2D eigenvalue weighted by atomic mass is 10.0. The number of allylic oxidation sites excluding steroid dienone is 1. The van der Waals surface area contributed by atoms with Crippen LogP contribution < -0.4 is 0 Å². The van der Waals surface area contributed by atoms with Crippen LogP contribution in [0.2, 0.25) is 0 Å². The maximum atomic E-state index is 11.1. The average molecular weight is 199 g/mol. The Hall–Kier alpha value is -1.83. The Morgan fingerprint density at radius 1 is 1.40 bits per heavy atom. The number of carbonyl (C=O) groups is 1. The number of Topliss-reactive ketones (excluding diaryl/α,β-unsaturated/α-hetero) is 1. The van der Waals surface area contributed by atoms with Gasteiger partial charge in [0.2, 0.25) is 0 Å². The first-order valence-electron chi connectivity index (χ1n) is 4.92. The van der Waals surface area contributed by atoms with Crippen LogP contribution in [0.15, 0.2) is 42.6 Å². The zero-order valence-corrected chi connectivity index (χ0v) is 8.71. The topological polar surface area (TPSA) is 32.9 Å². The van der Waals surface area contributed by atoms with Crippen molar-refractivity contribution in [2.24, 2.45) is 0 Å². The number of H-pyrrole nitrogens is 1. The van der Waals surface area contributed by atoms with Gasteiger partial charge in [-0.15, -0.1) is 0 Å². The summed E-state index contributed by atoms with van der Waals surface area (Å²) in [6.45, 7) is 5.33. The quantitative estimate of drug-likeness (QED) is 0.757. The normalized spacial score (nSPS) is 10.5. The molecule has 0 bridgehead atoms. The Balaban J connectivity index is 2.37. The molecule has 0 saturated heterocycles. The minimum absolute atomic E-state index is 0.0558. The highest BCUT2D eigenvalue weighted by atomic mass is 16.1. The van der Waals surface area contributed by atoms with E-state index in [1.54, 1.807) is 6.92 Å². The number of hydrogen-bond acceptors (Lipinski definition) is 1. The Morgan fingerprint density at radius 3 is 2.87 bits per heavy atom. The number of aromatic nitrogens is 1. The van der Waals surface area contributed by atoms with Gasteiger partial charge in [0.15, 0.2) is 5.78 Å². The number of nitrogens with one attached hydrogen (secondary N) is 1. The number of aromatic amines is 1. The molecule has 1 aromatic heterocycles. The highest BCUT2D eigenvalue weighted by molar-refractivity contribution is 5.94.